The molecule has 2 aromatic rings. The molecule has 0 N–H and O–H groups in total. The number of Topliss-reactive ketones (excluding diaryl/α,β-unsaturated/α-hetero) is 1. The number of hydrogen-bond donors (Lipinski definition) is 0. The zero-order valence-electron chi connectivity index (χ0n) is 14.1. The molecule has 1 amide bonds. The minimum Gasteiger partial charge on any atom is -0.312 e. The summed E-state index contributed by atoms with van der Waals surface area (Å²) in [6.07, 6.45) is 1.97. The fourth-order valence-corrected chi connectivity index (χ4v) is 3.16. The van der Waals surface area contributed by atoms with E-state index in [-0.39, 0.29) is 11.7 Å². The summed E-state index contributed by atoms with van der Waals surface area (Å²) in [5.74, 6) is 0.0652. The Bertz CT molecular complexity index is 818. The van der Waals surface area contributed by atoms with Crippen LogP contribution in [0.5, 0.6) is 0 Å². The predicted octanol–water partition coefficient (Wildman–Crippen LogP) is 4.41. The molecule has 1 heterocycles. The molecule has 3 rings (SSSR count). The predicted molar refractivity (Wildman–Crippen MR) is 97.4 cm³/mol. The van der Waals surface area contributed by atoms with Gasteiger partial charge in [0.2, 0.25) is 5.91 Å². The molecule has 3 nitrogen and oxygen atoms in total. The van der Waals surface area contributed by atoms with Crippen molar-refractivity contribution in [3.05, 3.63) is 65.7 Å². The average Bonchev–Trinajstić information content (AvgIpc) is 2.60. The molecule has 0 radical (unpaired) electrons. The highest BCUT2D eigenvalue weighted by Gasteiger charge is 2.20. The van der Waals surface area contributed by atoms with E-state index in [1.165, 1.54) is 5.56 Å². The standard InChI is InChI=1S/C21H21NO2/c1-14(2)21(24)17-8-6-16(7-9-17)18-10-11-20-19(13-18)5-4-12-22(20)15(3)23/h6-11,13H,1,4-5,12H2,2-3H3. The second kappa shape index (κ2) is 6.44. The van der Waals surface area contributed by atoms with Gasteiger partial charge in [0.15, 0.2) is 5.78 Å². The maximum absolute atomic E-state index is 11.9. The molecule has 1 aliphatic rings. The monoisotopic (exact) mass is 319 g/mol. The van der Waals surface area contributed by atoms with Gasteiger partial charge in [0.1, 0.15) is 0 Å². The molecular weight excluding hydrogens is 298 g/mol. The summed E-state index contributed by atoms with van der Waals surface area (Å²) in [7, 11) is 0. The Labute approximate surface area is 142 Å². The highest BCUT2D eigenvalue weighted by molar-refractivity contribution is 6.08. The van der Waals surface area contributed by atoms with Crippen molar-refractivity contribution in [3.63, 3.8) is 0 Å². The van der Waals surface area contributed by atoms with Crippen molar-refractivity contribution in [1.29, 1.82) is 0 Å². The van der Waals surface area contributed by atoms with E-state index in [1.54, 1.807) is 13.8 Å². The number of carbonyl (C=O) groups excluding carboxylic acids is 2. The molecule has 122 valence electrons. The van der Waals surface area contributed by atoms with E-state index in [0.717, 1.165) is 36.2 Å². The van der Waals surface area contributed by atoms with Gasteiger partial charge in [-0.3, -0.25) is 9.59 Å². The first-order chi connectivity index (χ1) is 11.5. The Hall–Kier alpha value is -2.68. The lowest BCUT2D eigenvalue weighted by Crippen LogP contribution is -2.33. The van der Waals surface area contributed by atoms with Crippen LogP contribution in [0.1, 0.15) is 36.2 Å². The van der Waals surface area contributed by atoms with E-state index in [0.29, 0.717) is 11.1 Å². The number of benzene rings is 2. The Kier molecular flexibility index (Phi) is 4.34. The molecule has 0 bridgehead atoms. The van der Waals surface area contributed by atoms with E-state index in [9.17, 15) is 9.59 Å². The van der Waals surface area contributed by atoms with Crippen LogP contribution < -0.4 is 4.90 Å². The lowest BCUT2D eigenvalue weighted by molar-refractivity contribution is -0.116. The van der Waals surface area contributed by atoms with Gasteiger partial charge in [-0.1, -0.05) is 36.9 Å². The lowest BCUT2D eigenvalue weighted by Gasteiger charge is -2.29. The van der Waals surface area contributed by atoms with Gasteiger partial charge in [-0.05, 0) is 54.2 Å². The molecule has 2 aromatic carbocycles. The summed E-state index contributed by atoms with van der Waals surface area (Å²) >= 11 is 0. The molecule has 0 saturated carbocycles. The molecule has 24 heavy (non-hydrogen) atoms. The minimum absolute atomic E-state index is 0.0240. The van der Waals surface area contributed by atoms with Gasteiger partial charge in [-0.25, -0.2) is 0 Å². The van der Waals surface area contributed by atoms with Crippen molar-refractivity contribution < 1.29 is 9.59 Å². The van der Waals surface area contributed by atoms with Crippen molar-refractivity contribution >= 4 is 17.4 Å². The van der Waals surface area contributed by atoms with Crippen LogP contribution in [0.3, 0.4) is 0 Å². The Morgan fingerprint density at radius 2 is 1.67 bits per heavy atom. The normalized spacial score (nSPS) is 13.3. The quantitative estimate of drug-likeness (QED) is 0.620. The molecule has 0 atom stereocenters. The highest BCUT2D eigenvalue weighted by Crippen LogP contribution is 2.32. The summed E-state index contributed by atoms with van der Waals surface area (Å²) in [5, 5.41) is 0. The van der Waals surface area contributed by atoms with Crippen molar-refractivity contribution in [1.82, 2.24) is 0 Å². The number of amides is 1. The minimum atomic E-state index is -0.0240. The van der Waals surface area contributed by atoms with Gasteiger partial charge >= 0.3 is 0 Å². The summed E-state index contributed by atoms with van der Waals surface area (Å²) < 4.78 is 0. The van der Waals surface area contributed by atoms with Crippen LogP contribution in [0.25, 0.3) is 11.1 Å². The van der Waals surface area contributed by atoms with Gasteiger partial charge < -0.3 is 4.90 Å². The van der Waals surface area contributed by atoms with E-state index >= 15 is 0 Å². The Morgan fingerprint density at radius 3 is 2.29 bits per heavy atom. The smallest absolute Gasteiger partial charge is 0.223 e. The zero-order valence-corrected chi connectivity index (χ0v) is 14.1. The molecule has 0 fully saturated rings. The molecule has 1 aliphatic heterocycles. The zero-order chi connectivity index (χ0) is 17.3. The van der Waals surface area contributed by atoms with Crippen LogP contribution in [-0.4, -0.2) is 18.2 Å². The fraction of sp³-hybridized carbons (Fsp3) is 0.238. The van der Waals surface area contributed by atoms with Crippen LogP contribution in [0.15, 0.2) is 54.6 Å². The van der Waals surface area contributed by atoms with Crippen LogP contribution in [0.4, 0.5) is 5.69 Å². The topological polar surface area (TPSA) is 37.4 Å². The van der Waals surface area contributed by atoms with Crippen molar-refractivity contribution in [3.8, 4) is 11.1 Å². The SMILES string of the molecule is C=C(C)C(=O)c1ccc(-c2ccc3c(c2)CCCN3C(C)=O)cc1. The lowest BCUT2D eigenvalue weighted by atomic mass is 9.95. The molecule has 0 saturated heterocycles. The molecular formula is C21H21NO2. The van der Waals surface area contributed by atoms with Crippen LogP contribution in [-0.2, 0) is 11.2 Å². The number of rotatable bonds is 3. The summed E-state index contributed by atoms with van der Waals surface area (Å²) in [6.45, 7) is 7.83. The molecule has 0 aliphatic carbocycles. The van der Waals surface area contributed by atoms with Crippen molar-refractivity contribution in [2.24, 2.45) is 0 Å². The number of carbonyl (C=O) groups is 2. The molecule has 0 spiro atoms. The van der Waals surface area contributed by atoms with Crippen LogP contribution >= 0.6 is 0 Å². The van der Waals surface area contributed by atoms with Crippen LogP contribution in [0, 0.1) is 0 Å². The summed E-state index contributed by atoms with van der Waals surface area (Å²) in [6, 6.07) is 13.8. The van der Waals surface area contributed by atoms with Crippen LogP contribution in [0.2, 0.25) is 0 Å². The van der Waals surface area contributed by atoms with Crippen molar-refractivity contribution in [2.75, 3.05) is 11.4 Å². The molecule has 3 heteroatoms. The van der Waals surface area contributed by atoms with Gasteiger partial charge in [0.05, 0.1) is 0 Å². The molecule has 0 unspecified atom stereocenters. The third-order valence-corrected chi connectivity index (χ3v) is 4.45. The third kappa shape index (κ3) is 3.02. The first kappa shape index (κ1) is 16.2. The van der Waals surface area contributed by atoms with Gasteiger partial charge in [0.25, 0.3) is 0 Å². The van der Waals surface area contributed by atoms with Gasteiger partial charge in [-0.15, -0.1) is 0 Å². The van der Waals surface area contributed by atoms with Gasteiger partial charge in [0, 0.05) is 24.7 Å². The highest BCUT2D eigenvalue weighted by atomic mass is 16.2. The van der Waals surface area contributed by atoms with E-state index in [4.69, 9.17) is 0 Å². The second-order valence-electron chi connectivity index (χ2n) is 6.30. The molecule has 0 aromatic heterocycles. The Morgan fingerprint density at radius 1 is 1.00 bits per heavy atom. The number of hydrogen-bond acceptors (Lipinski definition) is 2. The first-order valence-electron chi connectivity index (χ1n) is 8.19. The summed E-state index contributed by atoms with van der Waals surface area (Å²) in [4.78, 5) is 25.6. The number of ketones is 1. The second-order valence-corrected chi connectivity index (χ2v) is 6.30. The van der Waals surface area contributed by atoms with Crippen molar-refractivity contribution in [2.45, 2.75) is 26.7 Å². The maximum Gasteiger partial charge on any atom is 0.223 e. The van der Waals surface area contributed by atoms with E-state index in [2.05, 4.69) is 12.6 Å². The number of aryl methyl sites for hydroxylation is 1. The van der Waals surface area contributed by atoms with E-state index in [1.807, 2.05) is 41.3 Å². The number of nitrogens with zero attached hydrogens (tertiary/aromatic N) is 1. The van der Waals surface area contributed by atoms with E-state index < -0.39 is 0 Å². The number of anilines is 1. The number of allylic oxidation sites excluding steroid dienone is 1. The Balaban J connectivity index is 1.92. The van der Waals surface area contributed by atoms with Gasteiger partial charge in [-0.2, -0.15) is 0 Å². The summed E-state index contributed by atoms with van der Waals surface area (Å²) in [5.41, 5.74) is 5.60. The third-order valence-electron chi connectivity index (χ3n) is 4.45. The first-order valence-corrected chi connectivity index (χ1v) is 8.19. The fourth-order valence-electron chi connectivity index (χ4n) is 3.16. The maximum atomic E-state index is 11.9. The number of fused-ring (bicyclic) bond motifs is 1. The average molecular weight is 319 g/mol. The largest absolute Gasteiger partial charge is 0.312 e.